The van der Waals surface area contributed by atoms with Crippen molar-refractivity contribution in [2.45, 2.75) is 13.1 Å². The molecule has 5 nitrogen and oxygen atoms in total. The second kappa shape index (κ2) is 7.49. The smallest absolute Gasteiger partial charge is 0.288 e. The number of Topliss-reactive ketones (excluding diaryl/α,β-unsaturated/α-hetero) is 1. The molecule has 1 aromatic heterocycles. The molecule has 0 aliphatic heterocycles. The Balaban J connectivity index is 1.86. The van der Waals surface area contributed by atoms with Crippen molar-refractivity contribution in [1.29, 1.82) is 0 Å². The van der Waals surface area contributed by atoms with E-state index < -0.39 is 12.1 Å². The lowest BCUT2D eigenvalue weighted by molar-refractivity contribution is 0.0852. The lowest BCUT2D eigenvalue weighted by Gasteiger charge is -2.21. The van der Waals surface area contributed by atoms with Crippen molar-refractivity contribution in [1.82, 2.24) is 5.32 Å². The van der Waals surface area contributed by atoms with E-state index in [0.717, 1.165) is 11.3 Å². The largest absolute Gasteiger partial charge is 0.459 e. The Hall–Kier alpha value is -3.34. The van der Waals surface area contributed by atoms with Gasteiger partial charge in [-0.3, -0.25) is 9.59 Å². The summed E-state index contributed by atoms with van der Waals surface area (Å²) < 4.78 is 5.10. The van der Waals surface area contributed by atoms with Crippen molar-refractivity contribution < 1.29 is 14.0 Å². The summed E-state index contributed by atoms with van der Waals surface area (Å²) in [5.74, 6) is -0.540. The number of hydrogen-bond donors (Lipinski definition) is 2. The van der Waals surface area contributed by atoms with Crippen LogP contribution < -0.4 is 10.6 Å². The third kappa shape index (κ3) is 3.95. The highest BCUT2D eigenvalue weighted by molar-refractivity contribution is 6.04. The molecule has 1 amide bonds. The van der Waals surface area contributed by atoms with Crippen molar-refractivity contribution in [3.63, 3.8) is 0 Å². The molecule has 0 unspecified atom stereocenters. The third-order valence-electron chi connectivity index (χ3n) is 3.79. The molecule has 126 valence electrons. The summed E-state index contributed by atoms with van der Waals surface area (Å²) >= 11 is 0. The number of amides is 1. The molecule has 0 saturated heterocycles. The van der Waals surface area contributed by atoms with E-state index in [-0.39, 0.29) is 11.5 Å². The van der Waals surface area contributed by atoms with E-state index in [0.29, 0.717) is 5.56 Å². The Kier molecular flexibility index (Phi) is 4.95. The van der Waals surface area contributed by atoms with Crippen LogP contribution in [0.2, 0.25) is 0 Å². The number of nitrogens with one attached hydrogen (secondary N) is 2. The Morgan fingerprint density at radius 3 is 2.32 bits per heavy atom. The Morgan fingerprint density at radius 2 is 1.64 bits per heavy atom. The summed E-state index contributed by atoms with van der Waals surface area (Å²) in [5.41, 5.74) is 2.26. The quantitative estimate of drug-likeness (QED) is 0.533. The molecule has 0 bridgehead atoms. The maximum atomic E-state index is 12.9. The number of ketones is 1. The van der Waals surface area contributed by atoms with E-state index in [4.69, 9.17) is 4.42 Å². The Bertz CT molecular complexity index is 858. The number of carbonyl (C=O) groups is 2. The topological polar surface area (TPSA) is 71.3 Å². The summed E-state index contributed by atoms with van der Waals surface area (Å²) in [6, 6.07) is 19.6. The zero-order valence-electron chi connectivity index (χ0n) is 13.7. The van der Waals surface area contributed by atoms with E-state index in [1.165, 1.54) is 6.26 Å². The number of benzene rings is 2. The van der Waals surface area contributed by atoms with Crippen LogP contribution in [-0.4, -0.2) is 17.9 Å². The van der Waals surface area contributed by atoms with E-state index in [1.807, 2.05) is 37.3 Å². The molecular formula is C20H18N2O3. The SMILES string of the molecule is Cc1ccccc1N[C@H](NC(=O)c1ccco1)C(=O)c1ccccc1. The van der Waals surface area contributed by atoms with E-state index in [2.05, 4.69) is 10.6 Å². The fraction of sp³-hybridized carbons (Fsp3) is 0.100. The molecule has 1 heterocycles. The monoisotopic (exact) mass is 334 g/mol. The van der Waals surface area contributed by atoms with Gasteiger partial charge in [0.1, 0.15) is 0 Å². The maximum absolute atomic E-state index is 12.9. The van der Waals surface area contributed by atoms with Gasteiger partial charge < -0.3 is 15.1 Å². The molecular weight excluding hydrogens is 316 g/mol. The van der Waals surface area contributed by atoms with Gasteiger partial charge in [0.2, 0.25) is 5.78 Å². The number of carbonyl (C=O) groups excluding carboxylic acids is 2. The summed E-state index contributed by atoms with van der Waals surface area (Å²) in [6.07, 6.45) is 0.499. The molecule has 2 aromatic carbocycles. The number of hydrogen-bond acceptors (Lipinski definition) is 4. The summed E-state index contributed by atoms with van der Waals surface area (Å²) in [7, 11) is 0. The second-order valence-electron chi connectivity index (χ2n) is 5.57. The lowest BCUT2D eigenvalue weighted by atomic mass is 10.1. The number of furan rings is 1. The zero-order chi connectivity index (χ0) is 17.6. The minimum Gasteiger partial charge on any atom is -0.459 e. The fourth-order valence-electron chi connectivity index (χ4n) is 2.44. The van der Waals surface area contributed by atoms with Gasteiger partial charge in [-0.25, -0.2) is 0 Å². The van der Waals surface area contributed by atoms with Crippen LogP contribution in [0.15, 0.2) is 77.4 Å². The van der Waals surface area contributed by atoms with Crippen molar-refractivity contribution >= 4 is 17.4 Å². The van der Waals surface area contributed by atoms with Gasteiger partial charge >= 0.3 is 0 Å². The van der Waals surface area contributed by atoms with E-state index in [1.54, 1.807) is 36.4 Å². The first-order valence-corrected chi connectivity index (χ1v) is 7.91. The van der Waals surface area contributed by atoms with Crippen molar-refractivity contribution in [2.24, 2.45) is 0 Å². The summed E-state index contributed by atoms with van der Waals surface area (Å²) in [6.45, 7) is 1.93. The average Bonchev–Trinajstić information content (AvgIpc) is 3.18. The second-order valence-corrected chi connectivity index (χ2v) is 5.57. The van der Waals surface area contributed by atoms with Gasteiger partial charge in [-0.15, -0.1) is 0 Å². The van der Waals surface area contributed by atoms with Gasteiger partial charge in [0.15, 0.2) is 11.9 Å². The first-order valence-electron chi connectivity index (χ1n) is 7.91. The minimum absolute atomic E-state index is 0.150. The molecule has 0 aliphatic carbocycles. The van der Waals surface area contributed by atoms with Crippen LogP contribution in [0.5, 0.6) is 0 Å². The molecule has 2 N–H and O–H groups in total. The third-order valence-corrected chi connectivity index (χ3v) is 3.79. The van der Waals surface area contributed by atoms with Crippen LogP contribution in [-0.2, 0) is 0 Å². The lowest BCUT2D eigenvalue weighted by Crippen LogP contribution is -2.46. The molecule has 0 saturated carbocycles. The summed E-state index contributed by atoms with van der Waals surface area (Å²) in [5, 5.41) is 5.82. The van der Waals surface area contributed by atoms with Crippen molar-refractivity contribution in [3.8, 4) is 0 Å². The van der Waals surface area contributed by atoms with E-state index in [9.17, 15) is 9.59 Å². The molecule has 3 rings (SSSR count). The number of aryl methyl sites for hydroxylation is 1. The molecule has 3 aromatic rings. The molecule has 0 spiro atoms. The molecule has 0 radical (unpaired) electrons. The van der Waals surface area contributed by atoms with Gasteiger partial charge in [0.05, 0.1) is 6.26 Å². The number of anilines is 1. The van der Waals surface area contributed by atoms with Crippen LogP contribution in [0.3, 0.4) is 0 Å². The van der Waals surface area contributed by atoms with Gasteiger partial charge in [-0.2, -0.15) is 0 Å². The molecule has 0 aliphatic rings. The molecule has 0 fully saturated rings. The average molecular weight is 334 g/mol. The fourth-order valence-corrected chi connectivity index (χ4v) is 2.44. The van der Waals surface area contributed by atoms with Gasteiger partial charge in [-0.1, -0.05) is 48.5 Å². The normalized spacial score (nSPS) is 11.6. The molecule has 25 heavy (non-hydrogen) atoms. The first-order chi connectivity index (χ1) is 12.1. The van der Waals surface area contributed by atoms with Crippen molar-refractivity contribution in [2.75, 3.05) is 5.32 Å². The molecule has 1 atom stereocenters. The Labute approximate surface area is 145 Å². The van der Waals surface area contributed by atoms with Gasteiger partial charge in [0.25, 0.3) is 5.91 Å². The number of rotatable bonds is 6. The highest BCUT2D eigenvalue weighted by atomic mass is 16.3. The molecule has 5 heteroatoms. The van der Waals surface area contributed by atoms with Crippen molar-refractivity contribution in [3.05, 3.63) is 89.9 Å². The van der Waals surface area contributed by atoms with Gasteiger partial charge in [0, 0.05) is 11.3 Å². The van der Waals surface area contributed by atoms with Crippen LogP contribution in [0, 0.1) is 6.92 Å². The van der Waals surface area contributed by atoms with Crippen LogP contribution in [0.4, 0.5) is 5.69 Å². The highest BCUT2D eigenvalue weighted by Gasteiger charge is 2.24. The standard InChI is InChI=1S/C20H18N2O3/c1-14-8-5-6-11-16(14)21-19(18(23)15-9-3-2-4-10-15)22-20(24)17-12-7-13-25-17/h2-13,19,21H,1H3,(H,22,24)/t19-/m1/s1. The Morgan fingerprint density at radius 1 is 0.920 bits per heavy atom. The van der Waals surface area contributed by atoms with E-state index >= 15 is 0 Å². The van der Waals surface area contributed by atoms with Crippen LogP contribution in [0.1, 0.15) is 26.5 Å². The summed E-state index contributed by atoms with van der Waals surface area (Å²) in [4.78, 5) is 25.2. The number of para-hydroxylation sites is 1. The first kappa shape index (κ1) is 16.5. The zero-order valence-corrected chi connectivity index (χ0v) is 13.7. The van der Waals surface area contributed by atoms with Gasteiger partial charge in [-0.05, 0) is 30.7 Å². The predicted octanol–water partition coefficient (Wildman–Crippen LogP) is 3.64. The minimum atomic E-state index is -0.916. The maximum Gasteiger partial charge on any atom is 0.288 e. The predicted molar refractivity (Wildman–Crippen MR) is 95.5 cm³/mol. The highest BCUT2D eigenvalue weighted by Crippen LogP contribution is 2.16. The van der Waals surface area contributed by atoms with Crippen LogP contribution >= 0.6 is 0 Å². The van der Waals surface area contributed by atoms with Crippen LogP contribution in [0.25, 0.3) is 0 Å².